The maximum atomic E-state index is 12.3. The number of benzene rings is 1. The Kier molecular flexibility index (Phi) is 5.18. The first kappa shape index (κ1) is 17.0. The second-order valence-electron chi connectivity index (χ2n) is 6.34. The van der Waals surface area contributed by atoms with Gasteiger partial charge in [0.05, 0.1) is 6.10 Å². The molecule has 24 heavy (non-hydrogen) atoms. The van der Waals surface area contributed by atoms with E-state index in [0.29, 0.717) is 17.4 Å². The van der Waals surface area contributed by atoms with Crippen LogP contribution in [0, 0.1) is 12.8 Å². The predicted molar refractivity (Wildman–Crippen MR) is 85.7 cm³/mol. The number of hydrogen-bond acceptors (Lipinski definition) is 3. The van der Waals surface area contributed by atoms with E-state index in [2.05, 4.69) is 10.6 Å². The Morgan fingerprint density at radius 1 is 1.46 bits per heavy atom. The number of halogens is 2. The maximum Gasteiger partial charge on any atom is 0.319 e. The molecule has 1 aromatic carbocycles. The van der Waals surface area contributed by atoms with E-state index >= 15 is 0 Å². The van der Waals surface area contributed by atoms with Crippen molar-refractivity contribution >= 4 is 11.7 Å². The van der Waals surface area contributed by atoms with Gasteiger partial charge in [-0.25, -0.2) is 13.6 Å². The standard InChI is InChI=1S/C17H22F2N2O3/c1-10-4-5-11(7-14(10)24-9-16(18)19)20-17(22)21-13-8-15-12(13)3-2-6-23-15/h4-5,7,12-13,15-16H,2-3,6,8-9H2,1H3,(H2,20,21,22). The van der Waals surface area contributed by atoms with Crippen LogP contribution in [0.15, 0.2) is 18.2 Å². The highest BCUT2D eigenvalue weighted by atomic mass is 19.3. The molecule has 3 rings (SSSR count). The number of nitrogens with one attached hydrogen (secondary N) is 2. The van der Waals surface area contributed by atoms with Crippen molar-refractivity contribution in [3.8, 4) is 5.75 Å². The van der Waals surface area contributed by atoms with Crippen molar-refractivity contribution in [3.63, 3.8) is 0 Å². The van der Waals surface area contributed by atoms with Gasteiger partial charge in [-0.15, -0.1) is 0 Å². The molecule has 0 bridgehead atoms. The van der Waals surface area contributed by atoms with Gasteiger partial charge in [0.15, 0.2) is 0 Å². The van der Waals surface area contributed by atoms with Crippen LogP contribution in [0.5, 0.6) is 5.75 Å². The molecule has 2 fully saturated rings. The maximum absolute atomic E-state index is 12.3. The van der Waals surface area contributed by atoms with Crippen molar-refractivity contribution in [3.05, 3.63) is 23.8 Å². The lowest BCUT2D eigenvalue weighted by atomic mass is 9.72. The highest BCUT2D eigenvalue weighted by molar-refractivity contribution is 5.89. The topological polar surface area (TPSA) is 59.6 Å². The third-order valence-electron chi connectivity index (χ3n) is 4.62. The van der Waals surface area contributed by atoms with Crippen LogP contribution in [0.1, 0.15) is 24.8 Å². The van der Waals surface area contributed by atoms with Gasteiger partial charge >= 0.3 is 6.03 Å². The lowest BCUT2D eigenvalue weighted by Crippen LogP contribution is -2.58. The Morgan fingerprint density at radius 3 is 3.04 bits per heavy atom. The molecule has 2 N–H and O–H groups in total. The minimum absolute atomic E-state index is 0.135. The number of carbonyl (C=O) groups excluding carboxylic acids is 1. The average Bonchev–Trinajstić information content (AvgIpc) is 2.53. The first-order valence-corrected chi connectivity index (χ1v) is 8.23. The Bertz CT molecular complexity index is 597. The fourth-order valence-corrected chi connectivity index (χ4v) is 3.28. The fourth-order valence-electron chi connectivity index (χ4n) is 3.28. The van der Waals surface area contributed by atoms with Gasteiger partial charge in [0.1, 0.15) is 12.4 Å². The minimum Gasteiger partial charge on any atom is -0.487 e. The van der Waals surface area contributed by atoms with E-state index in [1.54, 1.807) is 25.1 Å². The number of aryl methyl sites for hydroxylation is 1. The smallest absolute Gasteiger partial charge is 0.319 e. The van der Waals surface area contributed by atoms with Crippen LogP contribution in [0.2, 0.25) is 0 Å². The van der Waals surface area contributed by atoms with Gasteiger partial charge in [0.25, 0.3) is 6.43 Å². The van der Waals surface area contributed by atoms with Crippen molar-refractivity contribution in [1.29, 1.82) is 0 Å². The summed E-state index contributed by atoms with van der Waals surface area (Å²) < 4.78 is 35.2. The molecule has 0 spiro atoms. The summed E-state index contributed by atoms with van der Waals surface area (Å²) in [6.07, 6.45) is 0.691. The summed E-state index contributed by atoms with van der Waals surface area (Å²) in [6, 6.07) is 4.84. The number of rotatable bonds is 5. The highest BCUT2D eigenvalue weighted by Crippen LogP contribution is 2.37. The molecule has 7 heteroatoms. The minimum atomic E-state index is -2.53. The van der Waals surface area contributed by atoms with Crippen LogP contribution in [0.3, 0.4) is 0 Å². The van der Waals surface area contributed by atoms with Crippen LogP contribution in [0.4, 0.5) is 19.3 Å². The molecular formula is C17H22F2N2O3. The zero-order valence-electron chi connectivity index (χ0n) is 13.6. The molecule has 2 aliphatic rings. The van der Waals surface area contributed by atoms with Crippen LogP contribution in [-0.2, 0) is 4.74 Å². The summed E-state index contributed by atoms with van der Waals surface area (Å²) in [6.45, 7) is 1.91. The first-order chi connectivity index (χ1) is 11.5. The van der Waals surface area contributed by atoms with E-state index in [9.17, 15) is 13.6 Å². The second kappa shape index (κ2) is 7.34. The molecular weight excluding hydrogens is 318 g/mol. The Morgan fingerprint density at radius 2 is 2.29 bits per heavy atom. The molecule has 0 radical (unpaired) electrons. The van der Waals surface area contributed by atoms with Gasteiger partial charge in [-0.1, -0.05) is 6.07 Å². The third kappa shape index (κ3) is 3.95. The largest absolute Gasteiger partial charge is 0.487 e. The van der Waals surface area contributed by atoms with Crippen molar-refractivity contribution in [2.24, 2.45) is 5.92 Å². The summed E-state index contributed by atoms with van der Waals surface area (Å²) in [5.41, 5.74) is 1.25. The summed E-state index contributed by atoms with van der Waals surface area (Å²) in [5.74, 6) is 0.741. The number of alkyl halides is 2. The molecule has 0 aromatic heterocycles. The van der Waals surface area contributed by atoms with Gasteiger partial charge in [0, 0.05) is 30.3 Å². The molecule has 3 atom stereocenters. The molecule has 1 aliphatic heterocycles. The quantitative estimate of drug-likeness (QED) is 0.864. The van der Waals surface area contributed by atoms with Crippen molar-refractivity contribution in [2.75, 3.05) is 18.5 Å². The molecule has 3 unspecified atom stereocenters. The van der Waals surface area contributed by atoms with Crippen LogP contribution >= 0.6 is 0 Å². The van der Waals surface area contributed by atoms with E-state index in [4.69, 9.17) is 9.47 Å². The zero-order chi connectivity index (χ0) is 17.1. The fraction of sp³-hybridized carbons (Fsp3) is 0.588. The molecule has 1 aliphatic carbocycles. The highest BCUT2D eigenvalue weighted by Gasteiger charge is 2.43. The van der Waals surface area contributed by atoms with Crippen LogP contribution < -0.4 is 15.4 Å². The molecule has 1 saturated heterocycles. The Labute approximate surface area is 139 Å². The Hall–Kier alpha value is -1.89. The van der Waals surface area contributed by atoms with E-state index in [1.165, 1.54) is 0 Å². The van der Waals surface area contributed by atoms with Crippen LogP contribution in [-0.4, -0.2) is 37.8 Å². The molecule has 1 aromatic rings. The average molecular weight is 340 g/mol. The van der Waals surface area contributed by atoms with E-state index < -0.39 is 13.0 Å². The lowest BCUT2D eigenvalue weighted by Gasteiger charge is -2.47. The summed E-state index contributed by atoms with van der Waals surface area (Å²) in [5, 5.41) is 5.69. The number of urea groups is 1. The number of hydrogen-bond donors (Lipinski definition) is 2. The third-order valence-corrected chi connectivity index (χ3v) is 4.62. The van der Waals surface area contributed by atoms with Gasteiger partial charge in [-0.3, -0.25) is 0 Å². The van der Waals surface area contributed by atoms with Crippen LogP contribution in [0.25, 0.3) is 0 Å². The number of ether oxygens (including phenoxy) is 2. The van der Waals surface area contributed by atoms with E-state index in [0.717, 1.165) is 31.4 Å². The molecule has 2 amide bonds. The predicted octanol–water partition coefficient (Wildman–Crippen LogP) is 3.33. The lowest BCUT2D eigenvalue weighted by molar-refractivity contribution is -0.0997. The normalized spacial score (nSPS) is 25.6. The second-order valence-corrected chi connectivity index (χ2v) is 6.34. The number of fused-ring (bicyclic) bond motifs is 1. The SMILES string of the molecule is Cc1ccc(NC(=O)NC2CC3OCCCC23)cc1OCC(F)F. The number of anilines is 1. The number of carbonyl (C=O) groups is 1. The summed E-state index contributed by atoms with van der Waals surface area (Å²) in [7, 11) is 0. The van der Waals surface area contributed by atoms with Gasteiger partial charge < -0.3 is 20.1 Å². The van der Waals surface area contributed by atoms with E-state index in [1.807, 2.05) is 0 Å². The monoisotopic (exact) mass is 340 g/mol. The summed E-state index contributed by atoms with van der Waals surface area (Å²) in [4.78, 5) is 12.1. The zero-order valence-corrected chi connectivity index (χ0v) is 13.6. The number of amides is 2. The Balaban J connectivity index is 1.53. The van der Waals surface area contributed by atoms with Crippen molar-refractivity contribution in [1.82, 2.24) is 5.32 Å². The molecule has 1 heterocycles. The van der Waals surface area contributed by atoms with Gasteiger partial charge in [-0.05, 0) is 37.8 Å². The summed E-state index contributed by atoms with van der Waals surface area (Å²) >= 11 is 0. The molecule has 5 nitrogen and oxygen atoms in total. The van der Waals surface area contributed by atoms with Gasteiger partial charge in [-0.2, -0.15) is 0 Å². The van der Waals surface area contributed by atoms with Crippen molar-refractivity contribution in [2.45, 2.75) is 44.8 Å². The van der Waals surface area contributed by atoms with E-state index in [-0.39, 0.29) is 18.2 Å². The molecule has 1 saturated carbocycles. The van der Waals surface area contributed by atoms with Gasteiger partial charge in [0.2, 0.25) is 0 Å². The van der Waals surface area contributed by atoms with Crippen molar-refractivity contribution < 1.29 is 23.0 Å². The first-order valence-electron chi connectivity index (χ1n) is 8.23. The molecule has 132 valence electrons.